The lowest BCUT2D eigenvalue weighted by Crippen LogP contribution is -2.70. The van der Waals surface area contributed by atoms with Crippen molar-refractivity contribution >= 4 is 5.97 Å². The van der Waals surface area contributed by atoms with Crippen LogP contribution in [0.1, 0.15) is 114 Å². The van der Waals surface area contributed by atoms with Gasteiger partial charge in [0.05, 0.1) is 42.0 Å². The second-order valence-electron chi connectivity index (χ2n) is 19.6. The Kier molecular flexibility index (Phi) is 18.8. The maximum atomic E-state index is 15.3. The molecule has 364 valence electrons. The third-order valence-corrected chi connectivity index (χ3v) is 14.1. The zero-order valence-electron chi connectivity index (χ0n) is 40.4. The van der Waals surface area contributed by atoms with Crippen LogP contribution in [0.3, 0.4) is 0 Å². The Labute approximate surface area is 375 Å². The van der Waals surface area contributed by atoms with Crippen LogP contribution in [0.25, 0.3) is 0 Å². The molecule has 3 saturated heterocycles. The SMILES string of the molecule is CCCNC[C@]1(O)[C@H](C)O[C@@H](O[C@H]2[C@H](C)[C@@H](O[C@@H]3O[C@H](C)C[C@H](NC)[C@H]3Oc3cc(C)ccc3F)[C@](C)(O)C[C@@H](C)CN[C@H](C)[C@@H](O)[C@](C)(O)[C@@H](CC)OC(=O)[C@@H]2C)C[C@@]1(C)OC. The predicted molar refractivity (Wildman–Crippen MR) is 237 cm³/mol. The fourth-order valence-electron chi connectivity index (χ4n) is 9.97. The minimum absolute atomic E-state index is 0.0263. The number of halogens is 1. The number of likely N-dealkylation sites (N-methyl/N-ethyl adjacent to an activating group) is 1. The first-order valence-corrected chi connectivity index (χ1v) is 23.2. The highest BCUT2D eigenvalue weighted by Crippen LogP contribution is 2.43. The molecule has 0 aromatic heterocycles. The summed E-state index contributed by atoms with van der Waals surface area (Å²) in [7, 11) is 3.32. The summed E-state index contributed by atoms with van der Waals surface area (Å²) in [4.78, 5) is 14.5. The van der Waals surface area contributed by atoms with Crippen molar-refractivity contribution in [3.05, 3.63) is 29.6 Å². The third kappa shape index (κ3) is 12.3. The minimum atomic E-state index is -1.85. The van der Waals surface area contributed by atoms with E-state index in [1.165, 1.54) is 20.1 Å². The van der Waals surface area contributed by atoms with E-state index < -0.39 is 101 Å². The van der Waals surface area contributed by atoms with Crippen LogP contribution in [0, 0.1) is 30.5 Å². The molecule has 0 aliphatic carbocycles. The van der Waals surface area contributed by atoms with E-state index in [9.17, 15) is 25.2 Å². The van der Waals surface area contributed by atoms with Gasteiger partial charge in [0, 0.05) is 32.0 Å². The third-order valence-electron chi connectivity index (χ3n) is 14.1. The quantitative estimate of drug-likeness (QED) is 0.110. The average molecular weight is 900 g/mol. The number of hydrogen-bond acceptors (Lipinski definition) is 15. The lowest BCUT2D eigenvalue weighted by molar-refractivity contribution is -0.335. The van der Waals surface area contributed by atoms with Crippen LogP contribution in [-0.2, 0) is 33.2 Å². The molecule has 0 unspecified atom stereocenters. The van der Waals surface area contributed by atoms with Crippen molar-refractivity contribution in [2.24, 2.45) is 17.8 Å². The van der Waals surface area contributed by atoms with E-state index in [0.29, 0.717) is 19.5 Å². The number of aliphatic hydroxyl groups excluding tert-OH is 1. The molecule has 18 atom stereocenters. The molecule has 3 aliphatic heterocycles. The number of methoxy groups -OCH3 is 1. The molecule has 0 radical (unpaired) electrons. The largest absolute Gasteiger partial charge is 0.480 e. The fourth-order valence-corrected chi connectivity index (χ4v) is 9.97. The summed E-state index contributed by atoms with van der Waals surface area (Å²) >= 11 is 0. The van der Waals surface area contributed by atoms with E-state index in [2.05, 4.69) is 16.0 Å². The van der Waals surface area contributed by atoms with Gasteiger partial charge in [-0.05, 0) is 125 Å². The highest BCUT2D eigenvalue weighted by Gasteiger charge is 2.58. The lowest BCUT2D eigenvalue weighted by atomic mass is 9.75. The molecule has 15 nitrogen and oxygen atoms in total. The summed E-state index contributed by atoms with van der Waals surface area (Å²) in [6.07, 6.45) is -7.06. The number of aryl methyl sites for hydroxylation is 1. The number of carbonyl (C=O) groups is 1. The van der Waals surface area contributed by atoms with Gasteiger partial charge >= 0.3 is 5.97 Å². The van der Waals surface area contributed by atoms with Gasteiger partial charge in [-0.15, -0.1) is 0 Å². The summed E-state index contributed by atoms with van der Waals surface area (Å²) in [5.74, 6) is -3.37. The molecule has 4 rings (SSSR count). The van der Waals surface area contributed by atoms with E-state index >= 15 is 4.39 Å². The number of carbonyl (C=O) groups excluding carboxylic acids is 1. The second kappa shape index (κ2) is 22.2. The highest BCUT2D eigenvalue weighted by molar-refractivity contribution is 5.73. The Morgan fingerprint density at radius 3 is 2.29 bits per heavy atom. The Hall–Kier alpha value is -2.06. The summed E-state index contributed by atoms with van der Waals surface area (Å²) in [6.45, 7) is 22.6. The normalized spacial score (nSPS) is 43.7. The van der Waals surface area contributed by atoms with Crippen molar-refractivity contribution in [3.8, 4) is 5.75 Å². The van der Waals surface area contributed by atoms with Crippen LogP contribution in [0.2, 0.25) is 0 Å². The first-order chi connectivity index (χ1) is 29.4. The molecular weight excluding hydrogens is 818 g/mol. The maximum absolute atomic E-state index is 15.3. The van der Waals surface area contributed by atoms with Gasteiger partial charge in [0.1, 0.15) is 29.0 Å². The van der Waals surface area contributed by atoms with Crippen LogP contribution in [0.5, 0.6) is 5.75 Å². The Morgan fingerprint density at radius 2 is 1.67 bits per heavy atom. The fraction of sp³-hybridized carbons (Fsp3) is 0.851. The minimum Gasteiger partial charge on any atom is -0.480 e. The van der Waals surface area contributed by atoms with Gasteiger partial charge in [-0.2, -0.15) is 0 Å². The van der Waals surface area contributed by atoms with Crippen molar-refractivity contribution in [1.82, 2.24) is 16.0 Å². The van der Waals surface area contributed by atoms with Gasteiger partial charge in [-0.3, -0.25) is 4.79 Å². The number of esters is 1. The average Bonchev–Trinajstić information content (AvgIpc) is 3.22. The molecule has 7 N–H and O–H groups in total. The number of nitrogens with one attached hydrogen (secondary N) is 3. The number of aliphatic hydroxyl groups is 4. The molecule has 0 amide bonds. The Balaban J connectivity index is 1.86. The standard InChI is InChI=1S/C47H82FN3O12/c1-15-19-50-25-47(56)32(9)59-37(23-45(47,11)57-14)62-38-29(6)41(63-43-39(34(49-13)21-28(5)58-43)60-35-20-26(3)17-18-33(35)48)44(10,54)22-27(4)24-51-31(8)40(52)46(12,55)36(16-2)61-42(53)30(38)7/h17-18,20,27-32,34,36-41,43,49-52,54-56H,15-16,19,21-25H2,1-14H3/t27-,28-,29+,30-,31-,32+,34+,36-,37+,38+,39-,40-,41-,43+,44-,45-,46-,47+/m1/s1. The van der Waals surface area contributed by atoms with Crippen molar-refractivity contribution < 1.29 is 62.8 Å². The molecule has 3 fully saturated rings. The highest BCUT2D eigenvalue weighted by atomic mass is 19.1. The number of ether oxygens (including phenoxy) is 7. The zero-order valence-corrected chi connectivity index (χ0v) is 40.4. The van der Waals surface area contributed by atoms with E-state index in [1.807, 2.05) is 34.6 Å². The first kappa shape index (κ1) is 53.6. The molecule has 3 heterocycles. The van der Waals surface area contributed by atoms with Crippen LogP contribution in [-0.4, -0.2) is 150 Å². The molecule has 1 aromatic carbocycles. The van der Waals surface area contributed by atoms with Gasteiger partial charge in [0.15, 0.2) is 30.3 Å². The van der Waals surface area contributed by atoms with E-state index in [1.54, 1.807) is 60.7 Å². The monoisotopic (exact) mass is 900 g/mol. The molecule has 0 bridgehead atoms. The second-order valence-corrected chi connectivity index (χ2v) is 19.6. The molecule has 0 spiro atoms. The van der Waals surface area contributed by atoms with Crippen LogP contribution in [0.4, 0.5) is 4.39 Å². The number of benzene rings is 1. The van der Waals surface area contributed by atoms with Gasteiger partial charge in [0.25, 0.3) is 0 Å². The molecule has 16 heteroatoms. The van der Waals surface area contributed by atoms with Crippen molar-refractivity contribution in [2.45, 2.75) is 205 Å². The summed E-state index contributed by atoms with van der Waals surface area (Å²) in [5, 5.41) is 58.1. The molecular formula is C47H82FN3O12. The van der Waals surface area contributed by atoms with E-state index in [4.69, 9.17) is 33.2 Å². The molecule has 3 aliphatic rings. The topological polar surface area (TPSA) is 199 Å². The van der Waals surface area contributed by atoms with Crippen LogP contribution < -0.4 is 20.7 Å². The Morgan fingerprint density at radius 1 is 0.984 bits per heavy atom. The van der Waals surface area contributed by atoms with Crippen molar-refractivity contribution in [2.75, 3.05) is 33.8 Å². The predicted octanol–water partition coefficient (Wildman–Crippen LogP) is 4.12. The molecule has 0 saturated carbocycles. The van der Waals surface area contributed by atoms with Crippen molar-refractivity contribution in [1.29, 1.82) is 0 Å². The summed E-state index contributed by atoms with van der Waals surface area (Å²) in [5.41, 5.74) is -5.32. The van der Waals surface area contributed by atoms with Gasteiger partial charge in [-0.25, -0.2) is 4.39 Å². The summed E-state index contributed by atoms with van der Waals surface area (Å²) in [6, 6.07) is 3.64. The molecule has 1 aromatic rings. The van der Waals surface area contributed by atoms with Crippen LogP contribution >= 0.6 is 0 Å². The lowest BCUT2D eigenvalue weighted by Gasteiger charge is -2.53. The number of cyclic esters (lactones) is 1. The van der Waals surface area contributed by atoms with Crippen molar-refractivity contribution in [3.63, 3.8) is 0 Å². The first-order valence-electron chi connectivity index (χ1n) is 23.2. The Bertz CT molecular complexity index is 1610. The van der Waals surface area contributed by atoms with Gasteiger partial charge in [-0.1, -0.05) is 33.8 Å². The number of hydrogen-bond donors (Lipinski definition) is 7. The van der Waals surface area contributed by atoms with Crippen LogP contribution in [0.15, 0.2) is 18.2 Å². The smallest absolute Gasteiger partial charge is 0.311 e. The van der Waals surface area contributed by atoms with Gasteiger partial charge < -0.3 is 69.5 Å². The summed E-state index contributed by atoms with van der Waals surface area (Å²) < 4.78 is 60.9. The van der Waals surface area contributed by atoms with Gasteiger partial charge in [0.2, 0.25) is 0 Å². The zero-order chi connectivity index (χ0) is 47.2. The maximum Gasteiger partial charge on any atom is 0.311 e. The van der Waals surface area contributed by atoms with E-state index in [-0.39, 0.29) is 49.6 Å². The van der Waals surface area contributed by atoms with E-state index in [0.717, 1.165) is 12.0 Å². The molecule has 63 heavy (non-hydrogen) atoms. The number of rotatable bonds is 13.